The maximum atomic E-state index is 12.6. The second kappa shape index (κ2) is 6.93. The summed E-state index contributed by atoms with van der Waals surface area (Å²) in [4.78, 5) is 24.8. The lowest BCUT2D eigenvalue weighted by molar-refractivity contribution is -0.132. The van der Waals surface area contributed by atoms with E-state index in [-0.39, 0.29) is 15.6 Å². The van der Waals surface area contributed by atoms with E-state index >= 15 is 0 Å². The van der Waals surface area contributed by atoms with Gasteiger partial charge in [0, 0.05) is 34.2 Å². The SMILES string of the molecule is CC(C)(C)SSC[C@]12CCC(=O)C=C1CC[C@@H]1[C@@H]2CC[C@]2(C)C(=O)CC[C@@H]12. The van der Waals surface area contributed by atoms with Crippen LogP contribution in [0.2, 0.25) is 0 Å². The highest BCUT2D eigenvalue weighted by atomic mass is 33.1. The number of allylic oxidation sites excluding steroid dienone is 1. The molecule has 4 aliphatic rings. The summed E-state index contributed by atoms with van der Waals surface area (Å²) in [6.07, 6.45) is 10.2. The summed E-state index contributed by atoms with van der Waals surface area (Å²) in [5.74, 6) is 3.93. The molecule has 0 radical (unpaired) electrons. The Morgan fingerprint density at radius 1 is 1.04 bits per heavy atom. The van der Waals surface area contributed by atoms with Crippen LogP contribution in [0, 0.1) is 28.6 Å². The third-order valence-corrected chi connectivity index (χ3v) is 11.5. The molecule has 0 aromatic carbocycles. The minimum Gasteiger partial charge on any atom is -0.299 e. The lowest BCUT2D eigenvalue weighted by Gasteiger charge is -2.58. The van der Waals surface area contributed by atoms with Crippen molar-refractivity contribution < 1.29 is 9.59 Å². The number of carbonyl (C=O) groups excluding carboxylic acids is 2. The first-order valence-electron chi connectivity index (χ1n) is 10.7. The van der Waals surface area contributed by atoms with Crippen LogP contribution in [-0.2, 0) is 9.59 Å². The molecule has 3 fully saturated rings. The fraction of sp³-hybridized carbons (Fsp3) is 0.826. The standard InChI is InChI=1S/C23H34O2S2/c1-21(2,3)27-26-14-23-12-9-16(24)13-15(23)5-6-17-18-7-8-20(25)22(18,4)11-10-19(17)23/h13,17-19H,5-12,14H2,1-4H3/t17-,18-,19-,22-,23+/m0/s1. The average Bonchev–Trinajstić information content (AvgIpc) is 2.89. The largest absolute Gasteiger partial charge is 0.299 e. The molecular formula is C23H34O2S2. The Kier molecular flexibility index (Phi) is 5.15. The van der Waals surface area contributed by atoms with Crippen LogP contribution in [0.5, 0.6) is 0 Å². The fourth-order valence-corrected chi connectivity index (χ4v) is 9.75. The van der Waals surface area contributed by atoms with Gasteiger partial charge in [0.05, 0.1) is 0 Å². The molecule has 2 nitrogen and oxygen atoms in total. The molecule has 0 saturated heterocycles. The molecule has 0 aromatic heterocycles. The van der Waals surface area contributed by atoms with Crippen LogP contribution in [-0.4, -0.2) is 22.1 Å². The van der Waals surface area contributed by atoms with Gasteiger partial charge in [0.2, 0.25) is 0 Å². The third-order valence-electron chi connectivity index (χ3n) is 8.02. The molecule has 4 heteroatoms. The fourth-order valence-electron chi connectivity index (χ4n) is 6.71. The predicted molar refractivity (Wildman–Crippen MR) is 116 cm³/mol. The van der Waals surface area contributed by atoms with Gasteiger partial charge in [-0.25, -0.2) is 0 Å². The van der Waals surface area contributed by atoms with E-state index in [9.17, 15) is 9.59 Å². The van der Waals surface area contributed by atoms with Crippen molar-refractivity contribution in [3.05, 3.63) is 11.6 Å². The molecule has 0 amide bonds. The van der Waals surface area contributed by atoms with Gasteiger partial charge in [-0.05, 0) is 62.4 Å². The third kappa shape index (κ3) is 3.37. The van der Waals surface area contributed by atoms with Crippen LogP contribution in [0.25, 0.3) is 0 Å². The maximum absolute atomic E-state index is 12.6. The number of hydrogen-bond donors (Lipinski definition) is 0. The smallest absolute Gasteiger partial charge is 0.155 e. The minimum absolute atomic E-state index is 0.0542. The van der Waals surface area contributed by atoms with Gasteiger partial charge in [0.25, 0.3) is 0 Å². The highest BCUT2D eigenvalue weighted by Gasteiger charge is 2.60. The number of Topliss-reactive ketones (excluding diaryl/α,β-unsaturated/α-hetero) is 1. The average molecular weight is 407 g/mol. The molecule has 0 heterocycles. The number of hydrogen-bond acceptors (Lipinski definition) is 4. The molecule has 0 aromatic rings. The van der Waals surface area contributed by atoms with Crippen molar-refractivity contribution in [3.63, 3.8) is 0 Å². The summed E-state index contributed by atoms with van der Waals surface area (Å²) < 4.78 is 0.257. The van der Waals surface area contributed by atoms with Gasteiger partial charge >= 0.3 is 0 Å². The van der Waals surface area contributed by atoms with Crippen LogP contribution in [0.15, 0.2) is 11.6 Å². The molecule has 0 bridgehead atoms. The van der Waals surface area contributed by atoms with E-state index < -0.39 is 0 Å². The number of fused-ring (bicyclic) bond motifs is 5. The van der Waals surface area contributed by atoms with Gasteiger partial charge < -0.3 is 0 Å². The van der Waals surface area contributed by atoms with E-state index in [4.69, 9.17) is 0 Å². The molecule has 0 N–H and O–H groups in total. The van der Waals surface area contributed by atoms with E-state index in [1.165, 1.54) is 18.4 Å². The second-order valence-corrected chi connectivity index (χ2v) is 13.7. The first-order valence-corrected chi connectivity index (χ1v) is 13.1. The summed E-state index contributed by atoms with van der Waals surface area (Å²) in [6, 6.07) is 0. The quantitative estimate of drug-likeness (QED) is 0.519. The molecule has 0 spiro atoms. The van der Waals surface area contributed by atoms with Crippen LogP contribution in [0.1, 0.15) is 79.1 Å². The van der Waals surface area contributed by atoms with Crippen molar-refractivity contribution in [1.82, 2.24) is 0 Å². The van der Waals surface area contributed by atoms with E-state index in [2.05, 4.69) is 27.7 Å². The number of rotatable bonds is 3. The summed E-state index contributed by atoms with van der Waals surface area (Å²) in [7, 11) is 4.01. The molecule has 0 unspecified atom stereocenters. The van der Waals surface area contributed by atoms with E-state index in [0.29, 0.717) is 35.7 Å². The van der Waals surface area contributed by atoms with Crippen molar-refractivity contribution in [2.45, 2.75) is 83.8 Å². The number of ketones is 2. The monoisotopic (exact) mass is 406 g/mol. The summed E-state index contributed by atoms with van der Waals surface area (Å²) in [5.41, 5.74) is 1.60. The molecular weight excluding hydrogens is 372 g/mol. The van der Waals surface area contributed by atoms with Gasteiger partial charge in [-0.15, -0.1) is 0 Å². The van der Waals surface area contributed by atoms with E-state index in [0.717, 1.165) is 37.9 Å². The van der Waals surface area contributed by atoms with Crippen molar-refractivity contribution >= 4 is 33.2 Å². The molecule has 4 aliphatic carbocycles. The normalized spacial score (nSPS) is 41.6. The second-order valence-electron chi connectivity index (χ2n) is 10.6. The molecule has 5 atom stereocenters. The van der Waals surface area contributed by atoms with Gasteiger partial charge in [-0.3, -0.25) is 9.59 Å². The van der Waals surface area contributed by atoms with Gasteiger partial charge in [-0.1, -0.05) is 54.9 Å². The maximum Gasteiger partial charge on any atom is 0.155 e. The zero-order valence-corrected chi connectivity index (χ0v) is 18.9. The molecule has 4 rings (SSSR count). The van der Waals surface area contributed by atoms with Crippen molar-refractivity contribution in [2.24, 2.45) is 28.6 Å². The predicted octanol–water partition coefficient (Wildman–Crippen LogP) is 6.25. The highest BCUT2D eigenvalue weighted by molar-refractivity contribution is 8.77. The zero-order valence-electron chi connectivity index (χ0n) is 17.3. The molecule has 0 aliphatic heterocycles. The first kappa shape index (κ1) is 20.1. The molecule has 27 heavy (non-hydrogen) atoms. The Morgan fingerprint density at radius 3 is 2.56 bits per heavy atom. The van der Waals surface area contributed by atoms with E-state index in [1.54, 1.807) is 0 Å². The Hall–Kier alpha value is -0.220. The lowest BCUT2D eigenvalue weighted by Crippen LogP contribution is -2.52. The van der Waals surface area contributed by atoms with Crippen LogP contribution in [0.4, 0.5) is 0 Å². The molecule has 150 valence electrons. The Bertz CT molecular complexity index is 676. The van der Waals surface area contributed by atoms with Gasteiger partial charge in [0.1, 0.15) is 5.78 Å². The van der Waals surface area contributed by atoms with E-state index in [1.807, 2.05) is 27.7 Å². The van der Waals surface area contributed by atoms with Crippen molar-refractivity contribution in [3.8, 4) is 0 Å². The van der Waals surface area contributed by atoms with Gasteiger partial charge in [0.15, 0.2) is 5.78 Å². The summed E-state index contributed by atoms with van der Waals surface area (Å²) >= 11 is 0. The Labute approximate surface area is 172 Å². The van der Waals surface area contributed by atoms with Crippen LogP contribution >= 0.6 is 21.6 Å². The topological polar surface area (TPSA) is 34.1 Å². The summed E-state index contributed by atoms with van der Waals surface area (Å²) in [6.45, 7) is 9.10. The van der Waals surface area contributed by atoms with Crippen molar-refractivity contribution in [1.29, 1.82) is 0 Å². The Morgan fingerprint density at radius 2 is 1.81 bits per heavy atom. The van der Waals surface area contributed by atoms with Gasteiger partial charge in [-0.2, -0.15) is 0 Å². The lowest BCUT2D eigenvalue weighted by atomic mass is 9.47. The van der Waals surface area contributed by atoms with Crippen LogP contribution < -0.4 is 0 Å². The molecule has 3 saturated carbocycles. The highest BCUT2D eigenvalue weighted by Crippen LogP contribution is 2.65. The summed E-state index contributed by atoms with van der Waals surface area (Å²) in [5, 5.41) is 0. The zero-order chi connectivity index (χ0) is 19.4. The Balaban J connectivity index is 1.64. The van der Waals surface area contributed by atoms with Crippen LogP contribution in [0.3, 0.4) is 0 Å². The van der Waals surface area contributed by atoms with Crippen molar-refractivity contribution in [2.75, 3.05) is 5.75 Å². The minimum atomic E-state index is -0.0542. The number of carbonyl (C=O) groups is 2. The first-order chi connectivity index (χ1) is 12.7.